The van der Waals surface area contributed by atoms with E-state index in [1.807, 2.05) is 43.3 Å². The Kier molecular flexibility index (Phi) is 2.83. The summed E-state index contributed by atoms with van der Waals surface area (Å²) in [5.41, 5.74) is 3.70. The lowest BCUT2D eigenvalue weighted by atomic mass is 10.1. The van der Waals surface area contributed by atoms with Crippen LogP contribution in [0.25, 0.3) is 11.2 Å². The largest absolute Gasteiger partial charge is 0.304 e. The number of hydrogen-bond acceptors (Lipinski definition) is 3. The van der Waals surface area contributed by atoms with Crippen molar-refractivity contribution in [1.82, 2.24) is 15.0 Å². The maximum absolute atomic E-state index is 12.0. The molecule has 0 aliphatic heterocycles. The average Bonchev–Trinajstić information content (AvgIpc) is 2.41. The fraction of sp³-hybridized carbons (Fsp3) is 0.133. The van der Waals surface area contributed by atoms with Gasteiger partial charge in [-0.3, -0.25) is 4.79 Å². The van der Waals surface area contributed by atoms with Crippen LogP contribution in [0.15, 0.2) is 47.4 Å². The number of pyridine rings is 1. The lowest BCUT2D eigenvalue weighted by Crippen LogP contribution is -2.16. The molecular weight excluding hydrogens is 238 g/mol. The molecule has 0 radical (unpaired) electrons. The number of aryl methyl sites for hydroxylation is 1. The van der Waals surface area contributed by atoms with E-state index in [9.17, 15) is 4.79 Å². The second kappa shape index (κ2) is 4.65. The third-order valence-corrected chi connectivity index (χ3v) is 2.97. The number of nitrogens with zero attached hydrogens (tertiary/aromatic N) is 2. The molecule has 0 aliphatic rings. The maximum Gasteiger partial charge on any atom is 0.271 e. The van der Waals surface area contributed by atoms with Gasteiger partial charge < -0.3 is 4.98 Å². The molecule has 2 aromatic heterocycles. The normalized spacial score (nSPS) is 10.8. The molecule has 0 aliphatic carbocycles. The molecule has 3 rings (SSSR count). The molecule has 0 atom stereocenters. The third-order valence-electron chi connectivity index (χ3n) is 2.97. The average molecular weight is 251 g/mol. The summed E-state index contributed by atoms with van der Waals surface area (Å²) in [6, 6.07) is 11.8. The van der Waals surface area contributed by atoms with Crippen LogP contribution in [0.2, 0.25) is 0 Å². The Morgan fingerprint density at radius 3 is 2.79 bits per heavy atom. The van der Waals surface area contributed by atoms with Crippen molar-refractivity contribution in [2.45, 2.75) is 13.3 Å². The molecule has 4 nitrogen and oxygen atoms in total. The number of benzene rings is 1. The van der Waals surface area contributed by atoms with Gasteiger partial charge in [0, 0.05) is 12.6 Å². The van der Waals surface area contributed by atoms with Gasteiger partial charge in [-0.05, 0) is 24.1 Å². The monoisotopic (exact) mass is 251 g/mol. The first-order chi connectivity index (χ1) is 9.22. The van der Waals surface area contributed by atoms with Crippen molar-refractivity contribution in [3.8, 4) is 0 Å². The van der Waals surface area contributed by atoms with Gasteiger partial charge in [-0.25, -0.2) is 9.97 Å². The molecule has 3 aromatic rings. The predicted octanol–water partition coefficient (Wildman–Crippen LogP) is 2.22. The van der Waals surface area contributed by atoms with Gasteiger partial charge >= 0.3 is 0 Å². The molecular formula is C15H13N3O. The summed E-state index contributed by atoms with van der Waals surface area (Å²) >= 11 is 0. The van der Waals surface area contributed by atoms with Crippen LogP contribution >= 0.6 is 0 Å². The summed E-state index contributed by atoms with van der Waals surface area (Å²) < 4.78 is 0. The summed E-state index contributed by atoms with van der Waals surface area (Å²) in [4.78, 5) is 23.3. The highest BCUT2D eigenvalue weighted by Crippen LogP contribution is 2.09. The molecule has 4 heteroatoms. The fourth-order valence-electron chi connectivity index (χ4n) is 2.02. The van der Waals surface area contributed by atoms with Gasteiger partial charge in [0.1, 0.15) is 11.2 Å². The first kappa shape index (κ1) is 11.6. The van der Waals surface area contributed by atoms with Crippen molar-refractivity contribution < 1.29 is 0 Å². The zero-order chi connectivity index (χ0) is 13.2. The number of fused-ring (bicyclic) bond motifs is 1. The van der Waals surface area contributed by atoms with E-state index >= 15 is 0 Å². The first-order valence-corrected chi connectivity index (χ1v) is 6.12. The second-order valence-electron chi connectivity index (χ2n) is 4.56. The highest BCUT2D eigenvalue weighted by atomic mass is 16.1. The van der Waals surface area contributed by atoms with Gasteiger partial charge in [0.2, 0.25) is 0 Å². The third kappa shape index (κ3) is 2.38. The van der Waals surface area contributed by atoms with E-state index in [4.69, 9.17) is 0 Å². The molecule has 0 amide bonds. The molecule has 94 valence electrons. The predicted molar refractivity (Wildman–Crippen MR) is 74.1 cm³/mol. The van der Waals surface area contributed by atoms with Gasteiger partial charge in [-0.2, -0.15) is 0 Å². The molecule has 0 saturated carbocycles. The summed E-state index contributed by atoms with van der Waals surface area (Å²) in [6.45, 7) is 1.95. The van der Waals surface area contributed by atoms with Crippen molar-refractivity contribution >= 4 is 11.2 Å². The van der Waals surface area contributed by atoms with E-state index in [-0.39, 0.29) is 5.56 Å². The Morgan fingerprint density at radius 1 is 1.21 bits per heavy atom. The van der Waals surface area contributed by atoms with Crippen LogP contribution in [0.5, 0.6) is 0 Å². The Balaban J connectivity index is 2.08. The van der Waals surface area contributed by atoms with Crippen LogP contribution in [0.4, 0.5) is 0 Å². The molecule has 0 fully saturated rings. The Morgan fingerprint density at radius 2 is 2.00 bits per heavy atom. The minimum Gasteiger partial charge on any atom is -0.304 e. The van der Waals surface area contributed by atoms with E-state index in [0.29, 0.717) is 17.8 Å². The quantitative estimate of drug-likeness (QED) is 0.759. The zero-order valence-electron chi connectivity index (χ0n) is 10.6. The zero-order valence-corrected chi connectivity index (χ0v) is 10.6. The highest BCUT2D eigenvalue weighted by Gasteiger charge is 2.06. The summed E-state index contributed by atoms with van der Waals surface area (Å²) in [5.74, 6) is 0. The second-order valence-corrected chi connectivity index (χ2v) is 4.56. The van der Waals surface area contributed by atoms with E-state index in [1.54, 1.807) is 6.20 Å². The first-order valence-electron chi connectivity index (χ1n) is 6.12. The van der Waals surface area contributed by atoms with Crippen molar-refractivity contribution in [3.05, 3.63) is 69.8 Å². The van der Waals surface area contributed by atoms with Crippen LogP contribution in [0, 0.1) is 6.92 Å². The van der Waals surface area contributed by atoms with Gasteiger partial charge in [0.15, 0.2) is 5.65 Å². The molecule has 0 bridgehead atoms. The minimum atomic E-state index is -0.173. The molecule has 1 N–H and O–H groups in total. The molecule has 19 heavy (non-hydrogen) atoms. The summed E-state index contributed by atoms with van der Waals surface area (Å²) in [5, 5.41) is 0. The van der Waals surface area contributed by atoms with E-state index in [0.717, 1.165) is 16.6 Å². The SMILES string of the molecule is Cc1cnc2[nH]c(=O)c(Cc3ccccc3)nc2c1. The van der Waals surface area contributed by atoms with Crippen molar-refractivity contribution in [2.75, 3.05) is 0 Å². The Labute approximate surface area is 110 Å². The minimum absolute atomic E-state index is 0.173. The number of aromatic nitrogens is 3. The summed E-state index contributed by atoms with van der Waals surface area (Å²) in [7, 11) is 0. The Hall–Kier alpha value is -2.49. The fourth-order valence-corrected chi connectivity index (χ4v) is 2.02. The van der Waals surface area contributed by atoms with Crippen molar-refractivity contribution in [3.63, 3.8) is 0 Å². The van der Waals surface area contributed by atoms with Gasteiger partial charge in [0.05, 0.1) is 0 Å². The number of hydrogen-bond donors (Lipinski definition) is 1. The van der Waals surface area contributed by atoms with Gasteiger partial charge in [0.25, 0.3) is 5.56 Å². The van der Waals surface area contributed by atoms with E-state index in [1.165, 1.54) is 0 Å². The standard InChI is InChI=1S/C15H13N3O/c1-10-7-12-14(16-9-10)18-15(19)13(17-12)8-11-5-3-2-4-6-11/h2-7,9H,8H2,1H3,(H,16,18,19). The molecule has 2 heterocycles. The lowest BCUT2D eigenvalue weighted by molar-refractivity contribution is 1.02. The highest BCUT2D eigenvalue weighted by molar-refractivity contribution is 5.69. The van der Waals surface area contributed by atoms with Crippen LogP contribution in [-0.4, -0.2) is 15.0 Å². The van der Waals surface area contributed by atoms with Gasteiger partial charge in [-0.15, -0.1) is 0 Å². The van der Waals surface area contributed by atoms with Crippen LogP contribution < -0.4 is 5.56 Å². The molecule has 1 aromatic carbocycles. The van der Waals surface area contributed by atoms with E-state index in [2.05, 4.69) is 15.0 Å². The molecule has 0 unspecified atom stereocenters. The maximum atomic E-state index is 12.0. The lowest BCUT2D eigenvalue weighted by Gasteiger charge is -2.03. The smallest absolute Gasteiger partial charge is 0.271 e. The van der Waals surface area contributed by atoms with Crippen LogP contribution in [0.3, 0.4) is 0 Å². The number of aromatic amines is 1. The Bertz CT molecular complexity index is 778. The molecule has 0 spiro atoms. The number of nitrogens with one attached hydrogen (secondary N) is 1. The van der Waals surface area contributed by atoms with Gasteiger partial charge in [-0.1, -0.05) is 30.3 Å². The number of H-pyrrole nitrogens is 1. The van der Waals surface area contributed by atoms with Crippen LogP contribution in [-0.2, 0) is 6.42 Å². The van der Waals surface area contributed by atoms with Crippen LogP contribution in [0.1, 0.15) is 16.8 Å². The van der Waals surface area contributed by atoms with E-state index < -0.39 is 0 Å². The molecule has 0 saturated heterocycles. The summed E-state index contributed by atoms with van der Waals surface area (Å²) in [6.07, 6.45) is 2.25. The van der Waals surface area contributed by atoms with Crippen molar-refractivity contribution in [2.24, 2.45) is 0 Å². The van der Waals surface area contributed by atoms with Crippen molar-refractivity contribution in [1.29, 1.82) is 0 Å². The topological polar surface area (TPSA) is 58.6 Å². The number of rotatable bonds is 2.